The highest BCUT2D eigenvalue weighted by Crippen LogP contribution is 2.33. The first-order valence-electron chi connectivity index (χ1n) is 8.74. The summed E-state index contributed by atoms with van der Waals surface area (Å²) in [6.07, 6.45) is 0.927. The molecular formula is C20H23BrN2O4. The zero-order valence-electron chi connectivity index (χ0n) is 15.4. The van der Waals surface area contributed by atoms with Crippen LogP contribution >= 0.6 is 15.9 Å². The summed E-state index contributed by atoms with van der Waals surface area (Å²) in [5.41, 5.74) is 2.76. The molecule has 0 fully saturated rings. The van der Waals surface area contributed by atoms with E-state index in [1.165, 1.54) is 17.2 Å². The molecule has 1 aliphatic rings. The Morgan fingerprint density at radius 1 is 1.19 bits per heavy atom. The molecule has 1 amide bonds. The van der Waals surface area contributed by atoms with Gasteiger partial charge in [-0.25, -0.2) is 0 Å². The van der Waals surface area contributed by atoms with Crippen LogP contribution in [0.25, 0.3) is 0 Å². The lowest BCUT2D eigenvalue weighted by Gasteiger charge is -2.29. The molecule has 0 spiro atoms. The van der Waals surface area contributed by atoms with Crippen molar-refractivity contribution in [3.63, 3.8) is 0 Å². The number of aromatic hydroxyl groups is 1. The van der Waals surface area contributed by atoms with Crippen molar-refractivity contribution in [3.8, 4) is 17.2 Å². The Morgan fingerprint density at radius 2 is 1.89 bits per heavy atom. The van der Waals surface area contributed by atoms with Crippen LogP contribution in [0.2, 0.25) is 0 Å². The highest BCUT2D eigenvalue weighted by molar-refractivity contribution is 9.10. The summed E-state index contributed by atoms with van der Waals surface area (Å²) in [4.78, 5) is 14.6. The van der Waals surface area contributed by atoms with Crippen LogP contribution in [0.15, 0.2) is 34.8 Å². The van der Waals surface area contributed by atoms with Crippen LogP contribution in [0.5, 0.6) is 17.2 Å². The van der Waals surface area contributed by atoms with E-state index in [0.29, 0.717) is 6.54 Å². The summed E-state index contributed by atoms with van der Waals surface area (Å²) in [7, 11) is 3.28. The van der Waals surface area contributed by atoms with Gasteiger partial charge in [0, 0.05) is 30.7 Å². The molecule has 1 aliphatic heterocycles. The van der Waals surface area contributed by atoms with E-state index in [9.17, 15) is 9.90 Å². The van der Waals surface area contributed by atoms with E-state index in [4.69, 9.17) is 9.47 Å². The van der Waals surface area contributed by atoms with Gasteiger partial charge < -0.3 is 19.9 Å². The molecule has 0 saturated carbocycles. The van der Waals surface area contributed by atoms with E-state index < -0.39 is 0 Å². The van der Waals surface area contributed by atoms with Gasteiger partial charge in [-0.15, -0.1) is 0 Å². The second kappa shape index (κ2) is 8.63. The third-order valence-electron chi connectivity index (χ3n) is 4.71. The Morgan fingerprint density at radius 3 is 2.59 bits per heavy atom. The Hall–Kier alpha value is -2.25. The number of halogens is 1. The number of hydrogen-bond donors (Lipinski definition) is 2. The predicted molar refractivity (Wildman–Crippen MR) is 107 cm³/mol. The summed E-state index contributed by atoms with van der Waals surface area (Å²) in [5.74, 6) is 1.18. The largest absolute Gasteiger partial charge is 0.507 e. The number of nitrogens with zero attached hydrogens (tertiary/aromatic N) is 1. The van der Waals surface area contributed by atoms with Crippen LogP contribution < -0.4 is 14.8 Å². The van der Waals surface area contributed by atoms with Gasteiger partial charge in [0.25, 0.3) is 5.91 Å². The molecule has 0 bridgehead atoms. The predicted octanol–water partition coefficient (Wildman–Crippen LogP) is 2.96. The lowest BCUT2D eigenvalue weighted by molar-refractivity contribution is 0.0944. The molecule has 144 valence electrons. The fourth-order valence-corrected chi connectivity index (χ4v) is 3.61. The number of methoxy groups -OCH3 is 2. The summed E-state index contributed by atoms with van der Waals surface area (Å²) in [5, 5.41) is 12.7. The number of nitrogens with one attached hydrogen (secondary N) is 1. The van der Waals surface area contributed by atoms with E-state index in [1.807, 2.05) is 12.1 Å². The van der Waals surface area contributed by atoms with Gasteiger partial charge in [0.1, 0.15) is 5.75 Å². The lowest BCUT2D eigenvalue weighted by Crippen LogP contribution is -2.37. The van der Waals surface area contributed by atoms with Crippen molar-refractivity contribution in [2.75, 3.05) is 33.9 Å². The number of carbonyl (C=O) groups is 1. The van der Waals surface area contributed by atoms with Crippen LogP contribution in [0.4, 0.5) is 0 Å². The maximum atomic E-state index is 12.3. The monoisotopic (exact) mass is 434 g/mol. The SMILES string of the molecule is COc1cc2c(cc1OC)CN(CCNC(=O)c1cc(Br)ccc1O)CC2. The molecule has 2 aromatic carbocycles. The second-order valence-electron chi connectivity index (χ2n) is 6.42. The zero-order chi connectivity index (χ0) is 19.4. The van der Waals surface area contributed by atoms with Gasteiger partial charge >= 0.3 is 0 Å². The minimum absolute atomic E-state index is 0.0244. The number of rotatable bonds is 6. The fourth-order valence-electron chi connectivity index (χ4n) is 3.25. The third kappa shape index (κ3) is 4.54. The maximum absolute atomic E-state index is 12.3. The zero-order valence-corrected chi connectivity index (χ0v) is 17.0. The van der Waals surface area contributed by atoms with E-state index in [2.05, 4.69) is 26.1 Å². The standard InChI is InChI=1S/C20H23BrN2O4/c1-26-18-9-13-5-7-23(12-14(13)10-19(18)27-2)8-6-22-20(25)16-11-15(21)3-4-17(16)24/h3-4,9-11,24H,5-8,12H2,1-2H3,(H,22,25). The number of phenolic OH excluding ortho intramolecular Hbond substituents is 1. The Balaban J connectivity index is 1.57. The van der Waals surface area contributed by atoms with E-state index in [-0.39, 0.29) is 17.2 Å². The Labute approximate surface area is 167 Å². The van der Waals surface area contributed by atoms with E-state index >= 15 is 0 Å². The van der Waals surface area contributed by atoms with Gasteiger partial charge in [0.2, 0.25) is 0 Å². The normalized spacial score (nSPS) is 13.7. The molecule has 2 N–H and O–H groups in total. The molecule has 27 heavy (non-hydrogen) atoms. The van der Waals surface area contributed by atoms with Crippen molar-refractivity contribution in [2.24, 2.45) is 0 Å². The van der Waals surface area contributed by atoms with Gasteiger partial charge in [-0.3, -0.25) is 9.69 Å². The molecule has 6 nitrogen and oxygen atoms in total. The number of phenols is 1. The van der Waals surface area contributed by atoms with Crippen LogP contribution in [-0.2, 0) is 13.0 Å². The lowest BCUT2D eigenvalue weighted by atomic mass is 9.99. The topological polar surface area (TPSA) is 71.0 Å². The number of benzene rings is 2. The van der Waals surface area contributed by atoms with Crippen LogP contribution in [0, 0.1) is 0 Å². The minimum atomic E-state index is -0.280. The molecule has 0 atom stereocenters. The molecular weight excluding hydrogens is 412 g/mol. The minimum Gasteiger partial charge on any atom is -0.507 e. The van der Waals surface area contributed by atoms with Crippen LogP contribution in [0.1, 0.15) is 21.5 Å². The van der Waals surface area contributed by atoms with Gasteiger partial charge in [-0.2, -0.15) is 0 Å². The smallest absolute Gasteiger partial charge is 0.255 e. The van der Waals surface area contributed by atoms with Gasteiger partial charge in [-0.05, 0) is 47.9 Å². The number of carbonyl (C=O) groups excluding carboxylic acids is 1. The molecule has 1 heterocycles. The van der Waals surface area contributed by atoms with Gasteiger partial charge in [-0.1, -0.05) is 15.9 Å². The summed E-state index contributed by atoms with van der Waals surface area (Å²) < 4.78 is 11.5. The molecule has 0 aromatic heterocycles. The quantitative estimate of drug-likeness (QED) is 0.730. The summed E-state index contributed by atoms with van der Waals surface area (Å²) in [6.45, 7) is 2.95. The Bertz CT molecular complexity index is 841. The first kappa shape index (κ1) is 19.5. The van der Waals surface area contributed by atoms with Crippen molar-refractivity contribution in [1.29, 1.82) is 0 Å². The molecule has 0 saturated heterocycles. The molecule has 7 heteroatoms. The number of amides is 1. The number of ether oxygens (including phenoxy) is 2. The van der Waals surface area contributed by atoms with Crippen LogP contribution in [0.3, 0.4) is 0 Å². The number of hydrogen-bond acceptors (Lipinski definition) is 5. The van der Waals surface area contributed by atoms with Gasteiger partial charge in [0.05, 0.1) is 19.8 Å². The average molecular weight is 435 g/mol. The molecule has 2 aromatic rings. The van der Waals surface area contributed by atoms with Crippen molar-refractivity contribution >= 4 is 21.8 Å². The molecule has 3 rings (SSSR count). The van der Waals surface area contributed by atoms with Crippen molar-refractivity contribution < 1.29 is 19.4 Å². The van der Waals surface area contributed by atoms with Crippen molar-refractivity contribution in [1.82, 2.24) is 10.2 Å². The summed E-state index contributed by atoms with van der Waals surface area (Å²) in [6, 6.07) is 8.88. The molecule has 0 aliphatic carbocycles. The molecule has 0 radical (unpaired) electrons. The fraction of sp³-hybridized carbons (Fsp3) is 0.350. The average Bonchev–Trinajstić information content (AvgIpc) is 2.68. The van der Waals surface area contributed by atoms with E-state index in [0.717, 1.165) is 42.0 Å². The second-order valence-corrected chi connectivity index (χ2v) is 7.34. The van der Waals surface area contributed by atoms with E-state index in [1.54, 1.807) is 26.4 Å². The first-order chi connectivity index (χ1) is 13.0. The summed E-state index contributed by atoms with van der Waals surface area (Å²) >= 11 is 3.31. The number of fused-ring (bicyclic) bond motifs is 1. The first-order valence-corrected chi connectivity index (χ1v) is 9.54. The van der Waals surface area contributed by atoms with Crippen molar-refractivity contribution in [3.05, 3.63) is 51.5 Å². The van der Waals surface area contributed by atoms with Gasteiger partial charge in [0.15, 0.2) is 11.5 Å². The molecule has 0 unspecified atom stereocenters. The van der Waals surface area contributed by atoms with Crippen LogP contribution in [-0.4, -0.2) is 49.8 Å². The highest BCUT2D eigenvalue weighted by Gasteiger charge is 2.19. The highest BCUT2D eigenvalue weighted by atomic mass is 79.9. The third-order valence-corrected chi connectivity index (χ3v) is 5.21. The Kier molecular flexibility index (Phi) is 6.23. The maximum Gasteiger partial charge on any atom is 0.255 e. The van der Waals surface area contributed by atoms with Crippen molar-refractivity contribution in [2.45, 2.75) is 13.0 Å².